The van der Waals surface area contributed by atoms with Crippen molar-refractivity contribution in [2.75, 3.05) is 5.32 Å². The molecule has 0 atom stereocenters. The number of benzene rings is 1. The number of rotatable bonds is 3. The SMILES string of the molecule is Cc1ccc(C(=O)Nc2cc([N+](=O)[O-])ccc2O)c(C)n1. The topological polar surface area (TPSA) is 105 Å². The highest BCUT2D eigenvalue weighted by Crippen LogP contribution is 2.28. The van der Waals surface area contributed by atoms with Crippen molar-refractivity contribution in [3.63, 3.8) is 0 Å². The summed E-state index contributed by atoms with van der Waals surface area (Å²) < 4.78 is 0. The van der Waals surface area contributed by atoms with Gasteiger partial charge in [0.15, 0.2) is 0 Å². The van der Waals surface area contributed by atoms with Crippen molar-refractivity contribution in [3.8, 4) is 5.75 Å². The first-order chi connectivity index (χ1) is 9.88. The maximum absolute atomic E-state index is 12.1. The molecule has 0 spiro atoms. The molecule has 7 heteroatoms. The lowest BCUT2D eigenvalue weighted by atomic mass is 10.1. The molecule has 0 aliphatic rings. The molecular weight excluding hydrogens is 274 g/mol. The van der Waals surface area contributed by atoms with Crippen molar-refractivity contribution >= 4 is 17.3 Å². The first-order valence-electron chi connectivity index (χ1n) is 6.11. The minimum atomic E-state index is -0.603. The molecule has 0 unspecified atom stereocenters. The quantitative estimate of drug-likeness (QED) is 0.512. The second-order valence-electron chi connectivity index (χ2n) is 4.50. The van der Waals surface area contributed by atoms with Crippen molar-refractivity contribution in [2.24, 2.45) is 0 Å². The van der Waals surface area contributed by atoms with Gasteiger partial charge in [0.1, 0.15) is 5.75 Å². The van der Waals surface area contributed by atoms with Crippen LogP contribution in [0.5, 0.6) is 5.75 Å². The Morgan fingerprint density at radius 1 is 1.29 bits per heavy atom. The molecule has 2 N–H and O–H groups in total. The number of hydrogen-bond donors (Lipinski definition) is 2. The van der Waals surface area contributed by atoms with E-state index in [0.717, 1.165) is 23.9 Å². The van der Waals surface area contributed by atoms with Crippen LogP contribution in [0.1, 0.15) is 21.7 Å². The van der Waals surface area contributed by atoms with E-state index in [0.29, 0.717) is 11.3 Å². The molecule has 1 aromatic carbocycles. The standard InChI is InChI=1S/C14H13N3O4/c1-8-3-5-11(9(2)15-8)14(19)16-12-7-10(17(20)21)4-6-13(12)18/h3-7,18H,1-2H3,(H,16,19). The minimum absolute atomic E-state index is 0.0193. The average Bonchev–Trinajstić information content (AvgIpc) is 2.40. The third-order valence-corrected chi connectivity index (χ3v) is 2.91. The fourth-order valence-electron chi connectivity index (χ4n) is 1.85. The number of nitro benzene ring substituents is 1. The van der Waals surface area contributed by atoms with Crippen LogP contribution in [0.15, 0.2) is 30.3 Å². The lowest BCUT2D eigenvalue weighted by molar-refractivity contribution is -0.384. The number of non-ortho nitro benzene ring substituents is 1. The van der Waals surface area contributed by atoms with Gasteiger partial charge in [-0.2, -0.15) is 0 Å². The van der Waals surface area contributed by atoms with E-state index < -0.39 is 10.8 Å². The molecule has 0 aliphatic heterocycles. The molecule has 21 heavy (non-hydrogen) atoms. The number of amides is 1. The summed E-state index contributed by atoms with van der Waals surface area (Å²) in [5.41, 5.74) is 1.42. The molecule has 0 radical (unpaired) electrons. The summed E-state index contributed by atoms with van der Waals surface area (Å²) in [6, 6.07) is 6.72. The molecule has 0 saturated heterocycles. The van der Waals surface area contributed by atoms with E-state index in [4.69, 9.17) is 0 Å². The smallest absolute Gasteiger partial charge is 0.271 e. The minimum Gasteiger partial charge on any atom is -0.506 e. The number of aromatic hydroxyl groups is 1. The zero-order chi connectivity index (χ0) is 15.6. The lowest BCUT2D eigenvalue weighted by Gasteiger charge is -2.09. The number of hydrogen-bond acceptors (Lipinski definition) is 5. The Balaban J connectivity index is 2.31. The van der Waals surface area contributed by atoms with E-state index in [1.807, 2.05) is 0 Å². The van der Waals surface area contributed by atoms with E-state index in [2.05, 4.69) is 10.3 Å². The largest absolute Gasteiger partial charge is 0.506 e. The van der Waals surface area contributed by atoms with Gasteiger partial charge in [0.2, 0.25) is 0 Å². The molecule has 1 aromatic heterocycles. The summed E-state index contributed by atoms with van der Waals surface area (Å²) in [5.74, 6) is -0.734. The first-order valence-corrected chi connectivity index (χ1v) is 6.11. The van der Waals surface area contributed by atoms with Crippen LogP contribution in [0.25, 0.3) is 0 Å². The summed E-state index contributed by atoms with van der Waals surface area (Å²) >= 11 is 0. The average molecular weight is 287 g/mol. The van der Waals surface area contributed by atoms with E-state index in [1.165, 1.54) is 0 Å². The predicted octanol–water partition coefficient (Wildman–Crippen LogP) is 2.56. The highest BCUT2D eigenvalue weighted by molar-refractivity contribution is 6.05. The summed E-state index contributed by atoms with van der Waals surface area (Å²) in [6.45, 7) is 3.50. The Hall–Kier alpha value is -2.96. The van der Waals surface area contributed by atoms with E-state index in [9.17, 15) is 20.0 Å². The maximum Gasteiger partial charge on any atom is 0.271 e. The Labute approximate surface area is 120 Å². The molecule has 108 valence electrons. The van der Waals surface area contributed by atoms with Crippen molar-refractivity contribution < 1.29 is 14.8 Å². The normalized spacial score (nSPS) is 10.2. The van der Waals surface area contributed by atoms with Gasteiger partial charge in [-0.3, -0.25) is 19.9 Å². The molecule has 0 bridgehead atoms. The second kappa shape index (κ2) is 5.58. The van der Waals surface area contributed by atoms with Crippen LogP contribution in [0.2, 0.25) is 0 Å². The Bertz CT molecular complexity index is 728. The van der Waals surface area contributed by atoms with Gasteiger partial charge >= 0.3 is 0 Å². The van der Waals surface area contributed by atoms with E-state index >= 15 is 0 Å². The zero-order valence-electron chi connectivity index (χ0n) is 11.5. The predicted molar refractivity (Wildman–Crippen MR) is 76.4 cm³/mol. The number of pyridine rings is 1. The molecule has 2 aromatic rings. The number of aromatic nitrogens is 1. The van der Waals surface area contributed by atoms with Gasteiger partial charge < -0.3 is 10.4 Å². The number of anilines is 1. The summed E-state index contributed by atoms with van der Waals surface area (Å²) in [6.07, 6.45) is 0. The fraction of sp³-hybridized carbons (Fsp3) is 0.143. The monoisotopic (exact) mass is 287 g/mol. The van der Waals surface area contributed by atoms with Crippen molar-refractivity contribution in [3.05, 3.63) is 57.4 Å². The van der Waals surface area contributed by atoms with E-state index in [-0.39, 0.29) is 17.1 Å². The zero-order valence-corrected chi connectivity index (χ0v) is 11.5. The number of nitrogens with one attached hydrogen (secondary N) is 1. The Kier molecular flexibility index (Phi) is 3.84. The summed E-state index contributed by atoms with van der Waals surface area (Å²) in [4.78, 5) is 26.4. The van der Waals surface area contributed by atoms with Crippen LogP contribution in [-0.2, 0) is 0 Å². The van der Waals surface area contributed by atoms with Crippen LogP contribution >= 0.6 is 0 Å². The number of aryl methyl sites for hydroxylation is 2. The van der Waals surface area contributed by atoms with Crippen LogP contribution in [-0.4, -0.2) is 20.9 Å². The molecule has 0 aliphatic carbocycles. The number of nitro groups is 1. The van der Waals surface area contributed by atoms with Crippen LogP contribution in [0.3, 0.4) is 0 Å². The number of nitrogens with zero attached hydrogens (tertiary/aromatic N) is 2. The third-order valence-electron chi connectivity index (χ3n) is 2.91. The van der Waals surface area contributed by atoms with Gasteiger partial charge in [-0.05, 0) is 32.0 Å². The van der Waals surface area contributed by atoms with Crippen molar-refractivity contribution in [1.82, 2.24) is 4.98 Å². The maximum atomic E-state index is 12.1. The highest BCUT2D eigenvalue weighted by Gasteiger charge is 2.15. The highest BCUT2D eigenvalue weighted by atomic mass is 16.6. The van der Waals surface area contributed by atoms with Gasteiger partial charge in [0, 0.05) is 17.8 Å². The lowest BCUT2D eigenvalue weighted by Crippen LogP contribution is -2.14. The molecule has 1 amide bonds. The first kappa shape index (κ1) is 14.4. The van der Waals surface area contributed by atoms with Crippen molar-refractivity contribution in [1.29, 1.82) is 0 Å². The van der Waals surface area contributed by atoms with E-state index in [1.54, 1.807) is 26.0 Å². The van der Waals surface area contributed by atoms with Gasteiger partial charge in [-0.15, -0.1) is 0 Å². The van der Waals surface area contributed by atoms with Gasteiger partial charge in [-0.25, -0.2) is 0 Å². The molecule has 0 fully saturated rings. The number of phenols is 1. The van der Waals surface area contributed by atoms with Gasteiger partial charge in [0.25, 0.3) is 11.6 Å². The molecule has 2 rings (SSSR count). The van der Waals surface area contributed by atoms with Crippen LogP contribution in [0.4, 0.5) is 11.4 Å². The Morgan fingerprint density at radius 2 is 2.00 bits per heavy atom. The number of carbonyl (C=O) groups is 1. The fourth-order valence-corrected chi connectivity index (χ4v) is 1.85. The molecule has 1 heterocycles. The summed E-state index contributed by atoms with van der Waals surface area (Å²) in [7, 11) is 0. The molecular formula is C14H13N3O4. The molecule has 0 saturated carbocycles. The van der Waals surface area contributed by atoms with Gasteiger partial charge in [0.05, 0.1) is 21.9 Å². The van der Waals surface area contributed by atoms with Gasteiger partial charge in [-0.1, -0.05) is 0 Å². The van der Waals surface area contributed by atoms with Crippen LogP contribution < -0.4 is 5.32 Å². The third kappa shape index (κ3) is 3.14. The number of phenolic OH excluding ortho intramolecular Hbond substituents is 1. The number of carbonyl (C=O) groups excluding carboxylic acids is 1. The van der Waals surface area contributed by atoms with Crippen molar-refractivity contribution in [2.45, 2.75) is 13.8 Å². The second-order valence-corrected chi connectivity index (χ2v) is 4.50. The Morgan fingerprint density at radius 3 is 2.62 bits per heavy atom. The molecule has 7 nitrogen and oxygen atoms in total. The van der Waals surface area contributed by atoms with Crippen LogP contribution in [0, 0.1) is 24.0 Å². The summed E-state index contributed by atoms with van der Waals surface area (Å²) in [5, 5.41) is 22.8.